The van der Waals surface area contributed by atoms with E-state index in [0.717, 1.165) is 6.42 Å². The Labute approximate surface area is 71.7 Å². The predicted octanol–water partition coefficient (Wildman–Crippen LogP) is 0.718. The molecule has 0 unspecified atom stereocenters. The molecule has 2 heterocycles. The van der Waals surface area contributed by atoms with Crippen LogP contribution in [0.2, 0.25) is 0 Å². The lowest BCUT2D eigenvalue weighted by molar-refractivity contribution is -0.529. The lowest BCUT2D eigenvalue weighted by atomic mass is 10.2. The van der Waals surface area contributed by atoms with Gasteiger partial charge in [-0.3, -0.25) is 0 Å². The quantitative estimate of drug-likeness (QED) is 0.542. The molecule has 0 radical (unpaired) electrons. The smallest absolute Gasteiger partial charge is 0.303 e. The summed E-state index contributed by atoms with van der Waals surface area (Å²) in [5.41, 5.74) is 0. The Balaban J connectivity index is 1.92. The van der Waals surface area contributed by atoms with Crippen LogP contribution in [-0.4, -0.2) is 32.6 Å². The summed E-state index contributed by atoms with van der Waals surface area (Å²) in [7, 11) is 0. The van der Waals surface area contributed by atoms with Gasteiger partial charge in [0, 0.05) is 5.92 Å². The topological polar surface area (TPSA) is 36.9 Å². The highest BCUT2D eigenvalue weighted by atomic mass is 17.0. The van der Waals surface area contributed by atoms with Crippen LogP contribution in [0.3, 0.4) is 0 Å². The van der Waals surface area contributed by atoms with E-state index in [4.69, 9.17) is 18.9 Å². The standard InChI is InChI=1S/C8H14O4/c1-7-5-11-8(12-6-7)9-3-2-4-10-8/h7H,2-6H2,1H3. The van der Waals surface area contributed by atoms with Crippen LogP contribution < -0.4 is 0 Å². The van der Waals surface area contributed by atoms with E-state index in [2.05, 4.69) is 6.92 Å². The molecule has 12 heavy (non-hydrogen) atoms. The highest BCUT2D eigenvalue weighted by molar-refractivity contribution is 4.60. The second-order valence-electron chi connectivity index (χ2n) is 3.28. The van der Waals surface area contributed by atoms with Crippen molar-refractivity contribution in [2.24, 2.45) is 5.92 Å². The van der Waals surface area contributed by atoms with Crippen LogP contribution in [-0.2, 0) is 18.9 Å². The Morgan fingerprint density at radius 2 is 1.58 bits per heavy atom. The number of ether oxygens (including phenoxy) is 4. The van der Waals surface area contributed by atoms with Crippen molar-refractivity contribution in [3.05, 3.63) is 0 Å². The van der Waals surface area contributed by atoms with Crippen molar-refractivity contribution < 1.29 is 18.9 Å². The summed E-state index contributed by atoms with van der Waals surface area (Å²) in [5, 5.41) is 0. The van der Waals surface area contributed by atoms with Crippen molar-refractivity contribution in [1.82, 2.24) is 0 Å². The van der Waals surface area contributed by atoms with Gasteiger partial charge in [-0.25, -0.2) is 0 Å². The number of hydrogen-bond acceptors (Lipinski definition) is 4. The third kappa shape index (κ3) is 1.61. The average molecular weight is 174 g/mol. The fourth-order valence-corrected chi connectivity index (χ4v) is 1.24. The average Bonchev–Trinajstić information content (AvgIpc) is 2.13. The normalized spacial score (nSPS) is 30.8. The summed E-state index contributed by atoms with van der Waals surface area (Å²) >= 11 is 0. The van der Waals surface area contributed by atoms with Crippen molar-refractivity contribution in [3.63, 3.8) is 0 Å². The predicted molar refractivity (Wildman–Crippen MR) is 40.3 cm³/mol. The molecule has 1 spiro atoms. The fraction of sp³-hybridized carbons (Fsp3) is 1.00. The summed E-state index contributed by atoms with van der Waals surface area (Å²) in [4.78, 5) is 0. The maximum absolute atomic E-state index is 5.35. The van der Waals surface area contributed by atoms with E-state index in [1.807, 2.05) is 0 Å². The molecule has 0 aliphatic carbocycles. The van der Waals surface area contributed by atoms with Crippen molar-refractivity contribution in [3.8, 4) is 0 Å². The summed E-state index contributed by atoms with van der Waals surface area (Å²) in [6, 6.07) is 0. The lowest BCUT2D eigenvalue weighted by Gasteiger charge is -2.39. The zero-order valence-corrected chi connectivity index (χ0v) is 7.25. The first-order chi connectivity index (χ1) is 5.81. The van der Waals surface area contributed by atoms with Crippen LogP contribution in [0.25, 0.3) is 0 Å². The van der Waals surface area contributed by atoms with Gasteiger partial charge in [0.25, 0.3) is 0 Å². The summed E-state index contributed by atoms with van der Waals surface area (Å²) < 4.78 is 21.3. The molecule has 0 amide bonds. The van der Waals surface area contributed by atoms with Gasteiger partial charge in [0.05, 0.1) is 26.4 Å². The summed E-state index contributed by atoms with van der Waals surface area (Å²) in [5.74, 6) is 0.421. The van der Waals surface area contributed by atoms with Crippen molar-refractivity contribution >= 4 is 0 Å². The van der Waals surface area contributed by atoms with E-state index in [9.17, 15) is 0 Å². The van der Waals surface area contributed by atoms with Crippen LogP contribution in [0.15, 0.2) is 0 Å². The van der Waals surface area contributed by atoms with Crippen molar-refractivity contribution in [2.45, 2.75) is 19.5 Å². The lowest BCUT2D eigenvalue weighted by Crippen LogP contribution is -2.50. The van der Waals surface area contributed by atoms with Gasteiger partial charge in [-0.2, -0.15) is 0 Å². The van der Waals surface area contributed by atoms with Gasteiger partial charge >= 0.3 is 6.16 Å². The van der Waals surface area contributed by atoms with E-state index in [0.29, 0.717) is 32.3 Å². The summed E-state index contributed by atoms with van der Waals surface area (Å²) in [6.07, 6.45) is -0.255. The van der Waals surface area contributed by atoms with Crippen LogP contribution in [0.1, 0.15) is 13.3 Å². The number of hydrogen-bond donors (Lipinski definition) is 0. The molecule has 0 bridgehead atoms. The first-order valence-electron chi connectivity index (χ1n) is 4.37. The minimum atomic E-state index is -1.16. The molecule has 0 aromatic carbocycles. The molecule has 0 atom stereocenters. The first kappa shape index (κ1) is 8.44. The third-order valence-corrected chi connectivity index (χ3v) is 1.94. The van der Waals surface area contributed by atoms with Crippen LogP contribution >= 0.6 is 0 Å². The first-order valence-corrected chi connectivity index (χ1v) is 4.37. The molecule has 4 heteroatoms. The molecule has 0 aromatic rings. The highest BCUT2D eigenvalue weighted by Crippen LogP contribution is 2.27. The molecule has 0 aromatic heterocycles. The Hall–Kier alpha value is -0.160. The molecular formula is C8H14O4. The minimum absolute atomic E-state index is 0.421. The van der Waals surface area contributed by atoms with E-state index < -0.39 is 6.16 Å². The highest BCUT2D eigenvalue weighted by Gasteiger charge is 2.41. The monoisotopic (exact) mass is 174 g/mol. The van der Waals surface area contributed by atoms with Crippen molar-refractivity contribution in [1.29, 1.82) is 0 Å². The Kier molecular flexibility index (Phi) is 2.32. The van der Waals surface area contributed by atoms with Crippen LogP contribution in [0.5, 0.6) is 0 Å². The molecule has 0 saturated carbocycles. The zero-order valence-electron chi connectivity index (χ0n) is 7.25. The Morgan fingerprint density at radius 1 is 1.00 bits per heavy atom. The summed E-state index contributed by atoms with van der Waals surface area (Å²) in [6.45, 7) is 4.64. The molecular weight excluding hydrogens is 160 g/mol. The molecule has 2 aliphatic heterocycles. The maximum atomic E-state index is 5.35. The molecule has 2 fully saturated rings. The largest absolute Gasteiger partial charge is 0.412 e. The van der Waals surface area contributed by atoms with E-state index >= 15 is 0 Å². The van der Waals surface area contributed by atoms with Crippen LogP contribution in [0, 0.1) is 5.92 Å². The maximum Gasteiger partial charge on any atom is 0.412 e. The Morgan fingerprint density at radius 3 is 2.17 bits per heavy atom. The SMILES string of the molecule is CC1COC2(OCCCO2)OC1. The van der Waals surface area contributed by atoms with Gasteiger partial charge in [0.15, 0.2) is 0 Å². The van der Waals surface area contributed by atoms with Crippen LogP contribution in [0.4, 0.5) is 0 Å². The Bertz CT molecular complexity index is 143. The zero-order chi connectivity index (χ0) is 8.44. The molecule has 2 rings (SSSR count). The van der Waals surface area contributed by atoms with Gasteiger partial charge in [-0.05, 0) is 6.42 Å². The van der Waals surface area contributed by atoms with Crippen molar-refractivity contribution in [2.75, 3.05) is 26.4 Å². The molecule has 0 N–H and O–H groups in total. The van der Waals surface area contributed by atoms with Gasteiger partial charge in [-0.1, -0.05) is 6.92 Å². The minimum Gasteiger partial charge on any atom is -0.303 e. The van der Waals surface area contributed by atoms with E-state index in [-0.39, 0.29) is 0 Å². The van der Waals surface area contributed by atoms with Gasteiger partial charge in [0.2, 0.25) is 0 Å². The second kappa shape index (κ2) is 3.30. The molecule has 2 saturated heterocycles. The van der Waals surface area contributed by atoms with Gasteiger partial charge in [-0.15, -0.1) is 0 Å². The molecule has 70 valence electrons. The second-order valence-corrected chi connectivity index (χ2v) is 3.28. The van der Waals surface area contributed by atoms with Gasteiger partial charge < -0.3 is 18.9 Å². The van der Waals surface area contributed by atoms with E-state index in [1.165, 1.54) is 0 Å². The molecule has 4 nitrogen and oxygen atoms in total. The van der Waals surface area contributed by atoms with E-state index in [1.54, 1.807) is 0 Å². The number of rotatable bonds is 0. The fourth-order valence-electron chi connectivity index (χ4n) is 1.24. The van der Waals surface area contributed by atoms with Gasteiger partial charge in [0.1, 0.15) is 0 Å². The molecule has 2 aliphatic rings. The third-order valence-electron chi connectivity index (χ3n) is 1.94.